The maximum atomic E-state index is 12.5. The molecule has 0 atom stereocenters. The molecule has 2 aromatic carbocycles. The Morgan fingerprint density at radius 1 is 1.37 bits per heavy atom. The monoisotopic (exact) mass is 380 g/mol. The van der Waals surface area contributed by atoms with Gasteiger partial charge < -0.3 is 8.98 Å². The van der Waals surface area contributed by atoms with Gasteiger partial charge in [-0.25, -0.2) is 4.98 Å². The lowest BCUT2D eigenvalue weighted by Gasteiger charge is -2.00. The number of rotatable bonds is 4. The van der Waals surface area contributed by atoms with E-state index in [9.17, 15) is 14.9 Å². The number of benzene rings is 2. The fraction of sp³-hybridized carbons (Fsp3) is 0.0556. The van der Waals surface area contributed by atoms with Crippen LogP contribution in [0.5, 0.6) is 0 Å². The van der Waals surface area contributed by atoms with Crippen molar-refractivity contribution in [3.05, 3.63) is 75.9 Å². The minimum atomic E-state index is -0.620. The van der Waals surface area contributed by atoms with E-state index in [0.717, 1.165) is 4.70 Å². The smallest absolute Gasteiger partial charge is 0.335 e. The Balaban J connectivity index is 1.85. The summed E-state index contributed by atoms with van der Waals surface area (Å²) in [5.41, 5.74) is 1.65. The van der Waals surface area contributed by atoms with Gasteiger partial charge in [-0.3, -0.25) is 14.9 Å². The van der Waals surface area contributed by atoms with Crippen molar-refractivity contribution >= 4 is 44.2 Å². The third-order valence-electron chi connectivity index (χ3n) is 3.86. The van der Waals surface area contributed by atoms with Crippen LogP contribution in [0.2, 0.25) is 0 Å². The number of carbonyl (C=O) groups excluding carboxylic acids is 1. The minimum absolute atomic E-state index is 0.0325. The number of fused-ring (bicyclic) bond motifs is 2. The van der Waals surface area contributed by atoms with Crippen LogP contribution in [0.1, 0.15) is 10.7 Å². The summed E-state index contributed by atoms with van der Waals surface area (Å²) in [4.78, 5) is 31.8. The summed E-state index contributed by atoms with van der Waals surface area (Å²) >= 11 is 1.25. The number of para-hydroxylation sites is 2. The van der Waals surface area contributed by atoms with Gasteiger partial charge in [0.1, 0.15) is 5.52 Å². The number of nitrogens with zero attached hydrogens (tertiary/aromatic N) is 4. The van der Waals surface area contributed by atoms with Gasteiger partial charge >= 0.3 is 5.91 Å². The topological polar surface area (TPSA) is 104 Å². The second-order valence-electron chi connectivity index (χ2n) is 5.60. The van der Waals surface area contributed by atoms with Gasteiger partial charge in [-0.1, -0.05) is 29.5 Å². The average Bonchev–Trinajstić information content (AvgIpc) is 3.23. The standard InChI is InChI=1S/C18H12N4O4S/c1-2-9-21-13-10-11(22(24)25)7-8-15(13)27-18(21)20-16(23)17-19-12-5-3-4-6-14(12)26-17/h2-8,10H,1,9H2. The van der Waals surface area contributed by atoms with Gasteiger partial charge in [-0.05, 0) is 18.2 Å². The van der Waals surface area contributed by atoms with E-state index in [1.807, 2.05) is 0 Å². The van der Waals surface area contributed by atoms with Crippen LogP contribution in [-0.2, 0) is 6.54 Å². The molecule has 0 unspecified atom stereocenters. The summed E-state index contributed by atoms with van der Waals surface area (Å²) in [6, 6.07) is 11.6. The summed E-state index contributed by atoms with van der Waals surface area (Å²) < 4.78 is 7.92. The number of thiazole rings is 1. The first kappa shape index (κ1) is 16.9. The molecule has 4 rings (SSSR count). The Kier molecular flexibility index (Phi) is 4.13. The number of nitro groups is 1. The van der Waals surface area contributed by atoms with Crippen molar-refractivity contribution < 1.29 is 14.1 Å². The van der Waals surface area contributed by atoms with Crippen molar-refractivity contribution in [2.45, 2.75) is 6.54 Å². The average molecular weight is 380 g/mol. The van der Waals surface area contributed by atoms with Crippen molar-refractivity contribution in [3.63, 3.8) is 0 Å². The molecule has 8 nitrogen and oxygen atoms in total. The van der Waals surface area contributed by atoms with Crippen molar-refractivity contribution in [2.24, 2.45) is 4.99 Å². The Morgan fingerprint density at radius 3 is 2.93 bits per heavy atom. The number of nitro benzene ring substituents is 1. The first-order chi connectivity index (χ1) is 13.1. The van der Waals surface area contributed by atoms with E-state index in [4.69, 9.17) is 4.42 Å². The Hall–Kier alpha value is -3.59. The molecule has 0 spiro atoms. The molecule has 27 heavy (non-hydrogen) atoms. The van der Waals surface area contributed by atoms with Crippen LogP contribution in [0.4, 0.5) is 5.69 Å². The lowest BCUT2D eigenvalue weighted by Crippen LogP contribution is -2.16. The van der Waals surface area contributed by atoms with Gasteiger partial charge in [0.2, 0.25) is 0 Å². The summed E-state index contributed by atoms with van der Waals surface area (Å²) in [6.07, 6.45) is 1.63. The van der Waals surface area contributed by atoms with E-state index in [2.05, 4.69) is 16.6 Å². The first-order valence-corrected chi connectivity index (χ1v) is 8.72. The van der Waals surface area contributed by atoms with Gasteiger partial charge in [-0.2, -0.15) is 4.99 Å². The van der Waals surface area contributed by atoms with Gasteiger partial charge in [0.15, 0.2) is 10.4 Å². The highest BCUT2D eigenvalue weighted by molar-refractivity contribution is 7.16. The second kappa shape index (κ2) is 6.61. The third kappa shape index (κ3) is 3.04. The van der Waals surface area contributed by atoms with Crippen molar-refractivity contribution in [1.29, 1.82) is 0 Å². The SMILES string of the molecule is C=CCn1c(=NC(=O)c2nc3ccccc3o2)sc2ccc([N+](=O)[O-])cc21. The molecule has 0 N–H and O–H groups in total. The minimum Gasteiger partial charge on any atom is -0.432 e. The zero-order chi connectivity index (χ0) is 19.0. The zero-order valence-electron chi connectivity index (χ0n) is 13.9. The second-order valence-corrected chi connectivity index (χ2v) is 6.61. The molecule has 0 aliphatic carbocycles. The molecule has 2 heterocycles. The lowest BCUT2D eigenvalue weighted by atomic mass is 10.3. The third-order valence-corrected chi connectivity index (χ3v) is 4.92. The summed E-state index contributed by atoms with van der Waals surface area (Å²) in [7, 11) is 0. The maximum absolute atomic E-state index is 12.5. The highest BCUT2D eigenvalue weighted by Gasteiger charge is 2.16. The van der Waals surface area contributed by atoms with Gasteiger partial charge in [-0.15, -0.1) is 6.58 Å². The van der Waals surface area contributed by atoms with Crippen LogP contribution >= 0.6 is 11.3 Å². The van der Waals surface area contributed by atoms with E-state index in [1.54, 1.807) is 41.0 Å². The highest BCUT2D eigenvalue weighted by Crippen LogP contribution is 2.23. The van der Waals surface area contributed by atoms with Gasteiger partial charge in [0, 0.05) is 18.7 Å². The van der Waals surface area contributed by atoms with E-state index in [0.29, 0.717) is 28.0 Å². The van der Waals surface area contributed by atoms with Crippen molar-refractivity contribution in [2.75, 3.05) is 0 Å². The van der Waals surface area contributed by atoms with Crippen LogP contribution in [0.3, 0.4) is 0 Å². The highest BCUT2D eigenvalue weighted by atomic mass is 32.1. The molecular formula is C18H12N4O4S. The Morgan fingerprint density at radius 2 is 2.19 bits per heavy atom. The molecule has 134 valence electrons. The van der Waals surface area contributed by atoms with Crippen LogP contribution < -0.4 is 4.80 Å². The molecule has 0 aliphatic heterocycles. The molecule has 0 aliphatic rings. The molecule has 0 fully saturated rings. The number of carbonyl (C=O) groups is 1. The number of hydrogen-bond acceptors (Lipinski definition) is 6. The maximum Gasteiger partial charge on any atom is 0.335 e. The molecule has 0 saturated heterocycles. The van der Waals surface area contributed by atoms with E-state index >= 15 is 0 Å². The molecule has 0 bridgehead atoms. The predicted molar refractivity (Wildman–Crippen MR) is 101 cm³/mol. The fourth-order valence-corrected chi connectivity index (χ4v) is 3.68. The van der Waals surface area contributed by atoms with E-state index in [-0.39, 0.29) is 11.6 Å². The predicted octanol–water partition coefficient (Wildman–Crippen LogP) is 3.68. The molecule has 0 radical (unpaired) electrons. The zero-order valence-corrected chi connectivity index (χ0v) is 14.7. The number of allylic oxidation sites excluding steroid dienone is 1. The van der Waals surface area contributed by atoms with Crippen molar-refractivity contribution in [1.82, 2.24) is 9.55 Å². The normalized spacial score (nSPS) is 11.9. The van der Waals surface area contributed by atoms with Crippen LogP contribution in [0.15, 0.2) is 64.5 Å². The number of hydrogen-bond donors (Lipinski definition) is 0. The molecular weight excluding hydrogens is 368 g/mol. The molecule has 0 saturated carbocycles. The van der Waals surface area contributed by atoms with Crippen LogP contribution in [0, 0.1) is 10.1 Å². The molecule has 9 heteroatoms. The summed E-state index contributed by atoms with van der Waals surface area (Å²) in [5, 5.41) is 11.0. The number of aromatic nitrogens is 2. The Bertz CT molecular complexity index is 1250. The van der Waals surface area contributed by atoms with Crippen molar-refractivity contribution in [3.8, 4) is 0 Å². The number of oxazole rings is 1. The van der Waals surface area contributed by atoms with Crippen LogP contribution in [-0.4, -0.2) is 20.4 Å². The summed E-state index contributed by atoms with van der Waals surface area (Å²) in [5.74, 6) is -0.727. The summed E-state index contributed by atoms with van der Waals surface area (Å²) in [6.45, 7) is 4.05. The quantitative estimate of drug-likeness (QED) is 0.305. The Labute approximate surface area is 155 Å². The molecule has 1 amide bonds. The fourth-order valence-electron chi connectivity index (χ4n) is 2.66. The lowest BCUT2D eigenvalue weighted by molar-refractivity contribution is -0.384. The molecule has 2 aromatic heterocycles. The van der Waals surface area contributed by atoms with Crippen LogP contribution in [0.25, 0.3) is 21.3 Å². The first-order valence-electron chi connectivity index (χ1n) is 7.90. The largest absolute Gasteiger partial charge is 0.432 e. The van der Waals surface area contributed by atoms with E-state index in [1.165, 1.54) is 23.5 Å². The van der Waals surface area contributed by atoms with Gasteiger partial charge in [0.05, 0.1) is 15.1 Å². The molecule has 4 aromatic rings. The van der Waals surface area contributed by atoms with E-state index < -0.39 is 10.8 Å². The van der Waals surface area contributed by atoms with Gasteiger partial charge in [0.25, 0.3) is 11.6 Å². The number of non-ortho nitro benzene ring substituents is 1. The number of amides is 1.